The van der Waals surface area contributed by atoms with Crippen LogP contribution in [-0.2, 0) is 6.54 Å². The highest BCUT2D eigenvalue weighted by atomic mass is 35.5. The Bertz CT molecular complexity index is 683. The van der Waals surface area contributed by atoms with E-state index in [1.165, 1.54) is 10.7 Å². The second-order valence-electron chi connectivity index (χ2n) is 3.71. The van der Waals surface area contributed by atoms with Crippen LogP contribution in [0.3, 0.4) is 0 Å². The molecule has 0 aliphatic rings. The van der Waals surface area contributed by atoms with Crippen LogP contribution in [0.1, 0.15) is 0 Å². The highest BCUT2D eigenvalue weighted by Crippen LogP contribution is 2.18. The van der Waals surface area contributed by atoms with Crippen LogP contribution in [0.5, 0.6) is 0 Å². The molecule has 0 aliphatic carbocycles. The molecule has 1 aromatic heterocycles. The van der Waals surface area contributed by atoms with E-state index in [1.54, 1.807) is 18.2 Å². The molecule has 0 atom stereocenters. The second kappa shape index (κ2) is 6.17. The van der Waals surface area contributed by atoms with Crippen molar-refractivity contribution in [3.05, 3.63) is 51.8 Å². The minimum absolute atomic E-state index is 0.0736. The SMILES string of the molecule is O=c1ccc(-c2ccc(Cl)cc2)nn1CC#CCF. The van der Waals surface area contributed by atoms with Crippen LogP contribution in [0.2, 0.25) is 5.02 Å². The number of rotatable bonds is 2. The van der Waals surface area contributed by atoms with Crippen LogP contribution >= 0.6 is 11.6 Å². The summed E-state index contributed by atoms with van der Waals surface area (Å²) in [5.41, 5.74) is 1.21. The summed E-state index contributed by atoms with van der Waals surface area (Å²) in [6, 6.07) is 10.2. The highest BCUT2D eigenvalue weighted by Gasteiger charge is 2.02. The zero-order valence-corrected chi connectivity index (χ0v) is 10.7. The fourth-order valence-corrected chi connectivity index (χ4v) is 1.64. The van der Waals surface area contributed by atoms with Crippen LogP contribution in [0.15, 0.2) is 41.2 Å². The lowest BCUT2D eigenvalue weighted by molar-refractivity contribution is 0.572. The molecule has 1 aromatic carbocycles. The van der Waals surface area contributed by atoms with E-state index in [-0.39, 0.29) is 12.1 Å². The molecule has 0 N–H and O–H groups in total. The normalized spacial score (nSPS) is 9.79. The molecule has 3 nitrogen and oxygen atoms in total. The molecule has 1 heterocycles. The molecule has 0 fully saturated rings. The number of alkyl halides is 1. The number of aromatic nitrogens is 2. The molecule has 0 bridgehead atoms. The third kappa shape index (κ3) is 3.43. The molecule has 0 spiro atoms. The Balaban J connectivity index is 2.35. The maximum Gasteiger partial charge on any atom is 0.267 e. The van der Waals surface area contributed by atoms with Crippen molar-refractivity contribution in [2.24, 2.45) is 0 Å². The second-order valence-corrected chi connectivity index (χ2v) is 4.14. The van der Waals surface area contributed by atoms with E-state index in [9.17, 15) is 9.18 Å². The van der Waals surface area contributed by atoms with Crippen molar-refractivity contribution >= 4 is 11.6 Å². The van der Waals surface area contributed by atoms with Crippen molar-refractivity contribution in [1.82, 2.24) is 9.78 Å². The number of nitrogens with zero attached hydrogens (tertiary/aromatic N) is 2. The van der Waals surface area contributed by atoms with Crippen molar-refractivity contribution in [1.29, 1.82) is 0 Å². The molecule has 0 saturated heterocycles. The molecular weight excluding hydrogens is 267 g/mol. The van der Waals surface area contributed by atoms with Crippen LogP contribution in [-0.4, -0.2) is 16.5 Å². The number of halogens is 2. The maximum atomic E-state index is 11.9. The predicted molar refractivity (Wildman–Crippen MR) is 72.7 cm³/mol. The summed E-state index contributed by atoms with van der Waals surface area (Å²) in [5.74, 6) is 4.79. The van der Waals surface area contributed by atoms with Gasteiger partial charge in [0, 0.05) is 16.7 Å². The Morgan fingerprint density at radius 1 is 1.16 bits per heavy atom. The Hall–Kier alpha value is -2.12. The first-order chi connectivity index (χ1) is 9.20. The summed E-state index contributed by atoms with van der Waals surface area (Å²) >= 11 is 5.81. The van der Waals surface area contributed by atoms with Gasteiger partial charge >= 0.3 is 0 Å². The summed E-state index contributed by atoms with van der Waals surface area (Å²) in [7, 11) is 0. The van der Waals surface area contributed by atoms with Crippen molar-refractivity contribution in [3.8, 4) is 23.1 Å². The van der Waals surface area contributed by atoms with Crippen molar-refractivity contribution < 1.29 is 4.39 Å². The average Bonchev–Trinajstić information content (AvgIpc) is 2.42. The van der Waals surface area contributed by atoms with Crippen LogP contribution in [0.25, 0.3) is 11.3 Å². The molecule has 19 heavy (non-hydrogen) atoms. The van der Waals surface area contributed by atoms with Crippen molar-refractivity contribution in [2.45, 2.75) is 6.54 Å². The lowest BCUT2D eigenvalue weighted by Crippen LogP contribution is -2.21. The first-order valence-corrected chi connectivity index (χ1v) is 5.94. The largest absolute Gasteiger partial charge is 0.268 e. The topological polar surface area (TPSA) is 34.9 Å². The highest BCUT2D eigenvalue weighted by molar-refractivity contribution is 6.30. The van der Waals surface area contributed by atoms with Crippen molar-refractivity contribution in [2.75, 3.05) is 6.67 Å². The fourth-order valence-electron chi connectivity index (χ4n) is 1.51. The number of hydrogen-bond donors (Lipinski definition) is 0. The Labute approximate surface area is 114 Å². The van der Waals surface area contributed by atoms with E-state index in [0.29, 0.717) is 10.7 Å². The first kappa shape index (κ1) is 13.3. The number of benzene rings is 1. The average molecular weight is 277 g/mol. The van der Waals surface area contributed by atoms with E-state index in [4.69, 9.17) is 11.6 Å². The molecule has 0 unspecified atom stereocenters. The first-order valence-electron chi connectivity index (χ1n) is 5.56. The van der Waals surface area contributed by atoms with Gasteiger partial charge in [0.2, 0.25) is 0 Å². The molecule has 0 saturated carbocycles. The minimum Gasteiger partial charge on any atom is -0.268 e. The van der Waals surface area contributed by atoms with Crippen LogP contribution in [0.4, 0.5) is 4.39 Å². The van der Waals surface area contributed by atoms with E-state index in [1.807, 2.05) is 12.1 Å². The van der Waals surface area contributed by atoms with Gasteiger partial charge in [0.05, 0.1) is 5.69 Å². The van der Waals surface area contributed by atoms with Gasteiger partial charge in [0.25, 0.3) is 5.56 Å². The van der Waals surface area contributed by atoms with Gasteiger partial charge in [-0.3, -0.25) is 4.79 Å². The van der Waals surface area contributed by atoms with Gasteiger partial charge in [-0.1, -0.05) is 35.6 Å². The zero-order chi connectivity index (χ0) is 13.7. The number of hydrogen-bond acceptors (Lipinski definition) is 2. The molecule has 2 rings (SSSR count). The van der Waals surface area contributed by atoms with E-state index in [0.717, 1.165) is 5.56 Å². The van der Waals surface area contributed by atoms with Crippen LogP contribution < -0.4 is 5.56 Å². The third-order valence-corrected chi connectivity index (χ3v) is 2.68. The molecule has 0 amide bonds. The molecule has 5 heteroatoms. The summed E-state index contributed by atoms with van der Waals surface area (Å²) in [5, 5.41) is 4.81. The summed E-state index contributed by atoms with van der Waals surface area (Å²) in [6.45, 7) is -0.657. The molecule has 0 radical (unpaired) electrons. The minimum atomic E-state index is -0.731. The van der Waals surface area contributed by atoms with Gasteiger partial charge in [-0.25, -0.2) is 9.07 Å². The molecule has 2 aromatic rings. The van der Waals surface area contributed by atoms with Gasteiger partial charge in [-0.15, -0.1) is 0 Å². The monoisotopic (exact) mass is 276 g/mol. The summed E-state index contributed by atoms with van der Waals surface area (Å²) < 4.78 is 13.1. The fraction of sp³-hybridized carbons (Fsp3) is 0.143. The van der Waals surface area contributed by atoms with Crippen molar-refractivity contribution in [3.63, 3.8) is 0 Å². The standard InChI is InChI=1S/C14H10ClFN2O/c15-12-5-3-11(4-6-12)13-7-8-14(19)18(17-13)10-2-1-9-16/h3-8H,9-10H2. The van der Waals surface area contributed by atoms with Gasteiger partial charge < -0.3 is 0 Å². The van der Waals surface area contributed by atoms with Gasteiger partial charge in [0.1, 0.15) is 13.2 Å². The quantitative estimate of drug-likeness (QED) is 0.790. The summed E-state index contributed by atoms with van der Waals surface area (Å²) in [6.07, 6.45) is 0. The molecule has 0 aliphatic heterocycles. The lowest BCUT2D eigenvalue weighted by Gasteiger charge is -2.04. The molecular formula is C14H10ClFN2O. The van der Waals surface area contributed by atoms with Crippen LogP contribution in [0, 0.1) is 11.8 Å². The van der Waals surface area contributed by atoms with Gasteiger partial charge in [0.15, 0.2) is 0 Å². The predicted octanol–water partition coefficient (Wildman–Crippen LogP) is 2.54. The third-order valence-electron chi connectivity index (χ3n) is 2.43. The Kier molecular flexibility index (Phi) is 4.32. The van der Waals surface area contributed by atoms with Gasteiger partial charge in [-0.2, -0.15) is 5.10 Å². The smallest absolute Gasteiger partial charge is 0.267 e. The maximum absolute atomic E-state index is 11.9. The van der Waals surface area contributed by atoms with Gasteiger partial charge in [-0.05, 0) is 18.2 Å². The molecule has 96 valence electrons. The Morgan fingerprint density at radius 3 is 2.58 bits per heavy atom. The summed E-state index contributed by atoms with van der Waals surface area (Å²) in [4.78, 5) is 11.6. The zero-order valence-electron chi connectivity index (χ0n) is 9.94. The lowest BCUT2D eigenvalue weighted by atomic mass is 10.1. The van der Waals surface area contributed by atoms with E-state index >= 15 is 0 Å². The Morgan fingerprint density at radius 2 is 1.89 bits per heavy atom. The van der Waals surface area contributed by atoms with E-state index < -0.39 is 6.67 Å². The van der Waals surface area contributed by atoms with E-state index in [2.05, 4.69) is 16.9 Å².